The first-order valence-electron chi connectivity index (χ1n) is 4.95. The van der Waals surface area contributed by atoms with Crippen molar-refractivity contribution in [3.8, 4) is 23.3 Å². The van der Waals surface area contributed by atoms with E-state index in [1.54, 1.807) is 6.07 Å². The molecule has 94 valence electrons. The number of carboxylic acid groups (broad SMARTS) is 1. The number of hydrogen-bond acceptors (Lipinski definition) is 3. The predicted octanol–water partition coefficient (Wildman–Crippen LogP) is 2.25. The van der Waals surface area contributed by atoms with Gasteiger partial charge in [-0.3, -0.25) is 0 Å². The Balaban J connectivity index is 3.25. The minimum absolute atomic E-state index is 0.0570. The third kappa shape index (κ3) is 3.82. The van der Waals surface area contributed by atoms with E-state index in [0.717, 1.165) is 6.08 Å². The molecule has 2 N–H and O–H groups in total. The molecule has 0 aliphatic carbocycles. The van der Waals surface area contributed by atoms with Crippen LogP contribution in [0.2, 0.25) is 0 Å². The van der Waals surface area contributed by atoms with E-state index in [0.29, 0.717) is 16.5 Å². The van der Waals surface area contributed by atoms with Gasteiger partial charge in [0.25, 0.3) is 0 Å². The van der Waals surface area contributed by atoms with Crippen LogP contribution < -0.4 is 4.74 Å². The molecule has 1 rings (SSSR count). The molecule has 4 nitrogen and oxygen atoms in total. The van der Waals surface area contributed by atoms with Crippen LogP contribution >= 0.6 is 15.9 Å². The molecule has 1 aromatic rings. The Hall–Kier alpha value is -1.93. The van der Waals surface area contributed by atoms with Gasteiger partial charge >= 0.3 is 5.97 Å². The fourth-order valence-electron chi connectivity index (χ4n) is 1.27. The Labute approximate surface area is 113 Å². The van der Waals surface area contributed by atoms with Gasteiger partial charge < -0.3 is 14.9 Å². The molecule has 5 heteroatoms. The molecule has 0 aromatic heterocycles. The van der Waals surface area contributed by atoms with E-state index in [-0.39, 0.29) is 11.5 Å². The maximum Gasteiger partial charge on any atom is 0.328 e. The number of phenols is 1. The van der Waals surface area contributed by atoms with Crippen molar-refractivity contribution in [2.75, 3.05) is 12.4 Å². The molecule has 0 aliphatic heterocycles. The van der Waals surface area contributed by atoms with E-state index in [1.165, 1.54) is 19.3 Å². The SMILES string of the molecule is COc1cc(C=CC(=O)O)cc(C#CCBr)c1O. The second-order valence-corrected chi connectivity index (χ2v) is 3.79. The third-order valence-corrected chi connectivity index (χ3v) is 2.31. The van der Waals surface area contributed by atoms with E-state index < -0.39 is 5.97 Å². The van der Waals surface area contributed by atoms with Gasteiger partial charge in [0, 0.05) is 6.08 Å². The number of aromatic hydroxyl groups is 1. The van der Waals surface area contributed by atoms with Crippen LogP contribution in [0.4, 0.5) is 0 Å². The van der Waals surface area contributed by atoms with Crippen molar-refractivity contribution < 1.29 is 19.7 Å². The topological polar surface area (TPSA) is 66.8 Å². The Morgan fingerprint density at radius 1 is 1.56 bits per heavy atom. The summed E-state index contributed by atoms with van der Waals surface area (Å²) in [6, 6.07) is 3.13. The molecule has 0 heterocycles. The van der Waals surface area contributed by atoms with Gasteiger partial charge in [-0.25, -0.2) is 4.79 Å². The smallest absolute Gasteiger partial charge is 0.328 e. The number of hydrogen-bond donors (Lipinski definition) is 2. The van der Waals surface area contributed by atoms with Crippen LogP contribution in [-0.2, 0) is 4.79 Å². The van der Waals surface area contributed by atoms with Gasteiger partial charge in [0.2, 0.25) is 0 Å². The zero-order valence-corrected chi connectivity index (χ0v) is 11.2. The van der Waals surface area contributed by atoms with Crippen LogP contribution in [0.3, 0.4) is 0 Å². The van der Waals surface area contributed by atoms with Gasteiger partial charge in [0.15, 0.2) is 11.5 Å². The molecule has 0 radical (unpaired) electrons. The van der Waals surface area contributed by atoms with Crippen molar-refractivity contribution >= 4 is 28.0 Å². The number of benzene rings is 1. The summed E-state index contributed by atoms with van der Waals surface area (Å²) in [6.07, 6.45) is 2.41. The average molecular weight is 311 g/mol. The van der Waals surface area contributed by atoms with Crippen LogP contribution in [0.5, 0.6) is 11.5 Å². The molecule has 0 spiro atoms. The predicted molar refractivity (Wildman–Crippen MR) is 72.0 cm³/mol. The Kier molecular flexibility index (Phi) is 5.28. The number of aliphatic carboxylic acids is 1. The number of carboxylic acids is 1. The summed E-state index contributed by atoms with van der Waals surface area (Å²) in [5, 5.41) is 18.9. The minimum Gasteiger partial charge on any atom is -0.503 e. The largest absolute Gasteiger partial charge is 0.503 e. The van der Waals surface area contributed by atoms with Gasteiger partial charge in [0.1, 0.15) is 0 Å². The van der Waals surface area contributed by atoms with Crippen LogP contribution in [0.1, 0.15) is 11.1 Å². The van der Waals surface area contributed by atoms with Crippen molar-refractivity contribution in [2.24, 2.45) is 0 Å². The van der Waals surface area contributed by atoms with Crippen LogP contribution in [0.15, 0.2) is 18.2 Å². The Bertz CT molecular complexity index is 538. The highest BCUT2D eigenvalue weighted by Crippen LogP contribution is 2.31. The van der Waals surface area contributed by atoms with Crippen LogP contribution in [-0.4, -0.2) is 28.6 Å². The number of methoxy groups -OCH3 is 1. The molecule has 0 amide bonds. The maximum absolute atomic E-state index is 10.4. The highest BCUT2D eigenvalue weighted by Gasteiger charge is 2.08. The van der Waals surface area contributed by atoms with Crippen molar-refractivity contribution in [3.63, 3.8) is 0 Å². The first-order valence-corrected chi connectivity index (χ1v) is 6.07. The van der Waals surface area contributed by atoms with Crippen molar-refractivity contribution in [3.05, 3.63) is 29.3 Å². The first-order chi connectivity index (χ1) is 8.58. The Morgan fingerprint density at radius 3 is 2.83 bits per heavy atom. The summed E-state index contributed by atoms with van der Waals surface area (Å²) in [4.78, 5) is 10.4. The second-order valence-electron chi connectivity index (χ2n) is 3.23. The molecule has 0 unspecified atom stereocenters. The lowest BCUT2D eigenvalue weighted by Crippen LogP contribution is -1.90. The quantitative estimate of drug-likeness (QED) is 0.510. The fraction of sp³-hybridized carbons (Fsp3) is 0.154. The first kappa shape index (κ1) is 14.1. The maximum atomic E-state index is 10.4. The molecule has 0 saturated carbocycles. The lowest BCUT2D eigenvalue weighted by atomic mass is 10.1. The van der Waals surface area contributed by atoms with E-state index in [2.05, 4.69) is 27.8 Å². The van der Waals surface area contributed by atoms with Crippen molar-refractivity contribution in [1.82, 2.24) is 0 Å². The van der Waals surface area contributed by atoms with Gasteiger partial charge in [-0.05, 0) is 23.8 Å². The lowest BCUT2D eigenvalue weighted by Gasteiger charge is -2.06. The summed E-state index contributed by atoms with van der Waals surface area (Å²) in [6.45, 7) is 0. The van der Waals surface area contributed by atoms with Crippen LogP contribution in [0.25, 0.3) is 6.08 Å². The zero-order chi connectivity index (χ0) is 13.5. The molecule has 0 aliphatic rings. The molecule has 18 heavy (non-hydrogen) atoms. The molecule has 1 aromatic carbocycles. The summed E-state index contributed by atoms with van der Waals surface area (Å²) in [5.74, 6) is 4.66. The number of ether oxygens (including phenoxy) is 1. The molecular weight excluding hydrogens is 300 g/mol. The average Bonchev–Trinajstić information content (AvgIpc) is 2.35. The van der Waals surface area contributed by atoms with Gasteiger partial charge in [-0.1, -0.05) is 27.8 Å². The number of phenolic OH excluding ortho intramolecular Hbond substituents is 1. The van der Waals surface area contributed by atoms with Gasteiger partial charge in [-0.15, -0.1) is 0 Å². The number of alkyl halides is 1. The van der Waals surface area contributed by atoms with Gasteiger partial charge in [0.05, 0.1) is 18.0 Å². The molecule has 0 atom stereocenters. The monoisotopic (exact) mass is 310 g/mol. The number of carbonyl (C=O) groups is 1. The van der Waals surface area contributed by atoms with Crippen LogP contribution in [0, 0.1) is 11.8 Å². The number of halogens is 1. The van der Waals surface area contributed by atoms with E-state index >= 15 is 0 Å². The summed E-state index contributed by atoms with van der Waals surface area (Å²) in [7, 11) is 1.42. The van der Waals surface area contributed by atoms with Gasteiger partial charge in [-0.2, -0.15) is 0 Å². The lowest BCUT2D eigenvalue weighted by molar-refractivity contribution is -0.131. The molecule has 0 saturated heterocycles. The number of rotatable bonds is 3. The molecule has 0 fully saturated rings. The molecule has 0 bridgehead atoms. The Morgan fingerprint density at radius 2 is 2.28 bits per heavy atom. The normalized spacial score (nSPS) is 9.89. The van der Waals surface area contributed by atoms with E-state index in [4.69, 9.17) is 9.84 Å². The second kappa shape index (κ2) is 6.72. The third-order valence-electron chi connectivity index (χ3n) is 2.03. The summed E-state index contributed by atoms with van der Waals surface area (Å²) in [5.41, 5.74) is 0.977. The highest BCUT2D eigenvalue weighted by atomic mass is 79.9. The summed E-state index contributed by atoms with van der Waals surface area (Å²) < 4.78 is 5.00. The highest BCUT2D eigenvalue weighted by molar-refractivity contribution is 9.09. The standard InChI is InChI=1S/C13H11BrO4/c1-18-11-8-9(4-5-12(15)16)7-10(13(11)17)3-2-6-14/h4-5,7-8,17H,6H2,1H3,(H,15,16). The zero-order valence-electron chi connectivity index (χ0n) is 9.61. The van der Waals surface area contributed by atoms with Crippen molar-refractivity contribution in [2.45, 2.75) is 0 Å². The van der Waals surface area contributed by atoms with E-state index in [9.17, 15) is 9.90 Å². The molecular formula is C13H11BrO4. The summed E-state index contributed by atoms with van der Waals surface area (Å²) >= 11 is 3.16. The van der Waals surface area contributed by atoms with E-state index in [1.807, 2.05) is 0 Å². The fourth-order valence-corrected chi connectivity index (χ4v) is 1.41. The van der Waals surface area contributed by atoms with Crippen molar-refractivity contribution in [1.29, 1.82) is 0 Å². The minimum atomic E-state index is -1.05.